The second kappa shape index (κ2) is 32.3. The summed E-state index contributed by atoms with van der Waals surface area (Å²) in [5.41, 5.74) is -3.76. The molecule has 12 rings (SSSR count). The molecule has 12 aliphatic rings. The molecule has 0 unspecified atom stereocenters. The number of aliphatic carboxylic acids is 1. The van der Waals surface area contributed by atoms with E-state index in [9.17, 15) is 106 Å². The zero-order valence-electron chi connectivity index (χ0n) is 62.2. The van der Waals surface area contributed by atoms with E-state index in [-0.39, 0.29) is 24.2 Å². The molecule has 0 spiro atoms. The second-order valence-electron chi connectivity index (χ2n) is 34.1. The number of carboxylic acid groups (broad SMARTS) is 1. The van der Waals surface area contributed by atoms with E-state index in [1.807, 2.05) is 0 Å². The molecule has 7 heterocycles. The van der Waals surface area contributed by atoms with E-state index in [1.165, 1.54) is 13.8 Å². The van der Waals surface area contributed by atoms with E-state index < -0.39 is 292 Å². The first-order valence-corrected chi connectivity index (χ1v) is 37.8. The molecular weight excluding hydrogens is 1460 g/mol. The molecule has 37 heteroatoms. The number of ether oxygens (including phenoxy) is 15. The highest BCUT2D eigenvalue weighted by Crippen LogP contribution is 2.76. The topological polar surface area (TPSA) is 571 Å². The second-order valence-corrected chi connectivity index (χ2v) is 34.1. The minimum absolute atomic E-state index is 0.124. The molecule has 622 valence electrons. The molecule has 0 aromatic carbocycles. The molecule has 0 aromatic heterocycles. The number of aliphatic hydroxyl groups is 17. The summed E-state index contributed by atoms with van der Waals surface area (Å²) in [6, 6.07) is 0. The van der Waals surface area contributed by atoms with E-state index in [0.29, 0.717) is 51.4 Å². The maximum atomic E-state index is 16.0. The number of aliphatic hydroxyl groups excluding tert-OH is 17. The molecule has 0 aromatic rings. The molecule has 5 aliphatic carbocycles. The Morgan fingerprint density at radius 3 is 1.55 bits per heavy atom. The first-order chi connectivity index (χ1) is 51.1. The number of carbonyl (C=O) groups is 4. The lowest BCUT2D eigenvalue weighted by Gasteiger charge is -2.71. The molecule has 0 radical (unpaired) electrons. The molecule has 7 saturated heterocycles. The van der Waals surface area contributed by atoms with Crippen LogP contribution in [0.15, 0.2) is 11.6 Å². The van der Waals surface area contributed by atoms with Crippen molar-refractivity contribution in [3.05, 3.63) is 11.6 Å². The maximum Gasteiger partial charge on any atom is 0.335 e. The molecule has 0 bridgehead atoms. The van der Waals surface area contributed by atoms with Crippen LogP contribution in [0.1, 0.15) is 127 Å². The van der Waals surface area contributed by atoms with Crippen molar-refractivity contribution in [2.45, 2.75) is 335 Å². The highest BCUT2D eigenvalue weighted by atomic mass is 16.8. The predicted octanol–water partition coefficient (Wildman–Crippen LogP) is -5.39. The lowest BCUT2D eigenvalue weighted by atomic mass is 9.33. The molecule has 7 aliphatic heterocycles. The lowest BCUT2D eigenvalue weighted by molar-refractivity contribution is -0.394. The van der Waals surface area contributed by atoms with Gasteiger partial charge < -0.3 is 168 Å². The SMILES string of the molecule is CC(=O)O[C@@H]1[C@H](O)[C@@H](O[C@@H]2O[C@@H](C)[C@H](O[C@@H]3OC[C@@H](O)[C@H](O)[C@H]3O)[C@@H](O[C@@H]3O[C@H](CO)[C@@H](O)[C@H](O)[C@H]3O)[C@H]2O)[C@H](OC(=O)[C@]23CCC(C)(C)C[C@H]2C2=CC[C@@H]4[C@@]5(C)CC[C@H](O[C@@H]6O[C@H](C(=O)O)[C@@H](O)[C@H](O[C@@H]7OC[C@@H](O)[C@H](O)[C@H]7O)[C@H]6O[C@@H]6O[C@H](CO)[C@H](O)[C@H](O)[C@H]6O)[C@@](C)(C=O)[C@@H]5CC[C@@]4(C)[C@]2(C)CC3)O[C@@H]1C. The van der Waals surface area contributed by atoms with Gasteiger partial charge in [-0.25, -0.2) is 4.79 Å². The Bertz CT molecular complexity index is 3220. The van der Waals surface area contributed by atoms with E-state index >= 15 is 4.79 Å². The van der Waals surface area contributed by atoms with Gasteiger partial charge in [-0.15, -0.1) is 0 Å². The first kappa shape index (κ1) is 85.0. The number of carbonyl (C=O) groups excluding carboxylic acids is 3. The number of hydrogen-bond donors (Lipinski definition) is 18. The van der Waals surface area contributed by atoms with Crippen molar-refractivity contribution in [2.24, 2.45) is 50.2 Å². The van der Waals surface area contributed by atoms with Gasteiger partial charge in [0, 0.05) is 6.92 Å². The number of hydrogen-bond acceptors (Lipinski definition) is 36. The van der Waals surface area contributed by atoms with Crippen LogP contribution >= 0.6 is 0 Å². The number of rotatable bonds is 19. The van der Waals surface area contributed by atoms with Crippen LogP contribution < -0.4 is 0 Å². The smallest absolute Gasteiger partial charge is 0.335 e. The van der Waals surface area contributed by atoms with Crippen LogP contribution in [0, 0.1) is 50.2 Å². The van der Waals surface area contributed by atoms with Gasteiger partial charge in [0.25, 0.3) is 0 Å². The van der Waals surface area contributed by atoms with Gasteiger partial charge in [-0.05, 0) is 117 Å². The van der Waals surface area contributed by atoms with Crippen molar-refractivity contribution in [1.29, 1.82) is 0 Å². The number of fused-ring (bicyclic) bond motifs is 7. The Morgan fingerprint density at radius 1 is 0.486 bits per heavy atom. The number of aldehydes is 1. The van der Waals surface area contributed by atoms with Gasteiger partial charge in [0.15, 0.2) is 56.1 Å². The minimum atomic E-state index is -2.22. The highest BCUT2D eigenvalue weighted by Gasteiger charge is 2.72. The molecule has 42 atom stereocenters. The number of carboxylic acids is 1. The van der Waals surface area contributed by atoms with Gasteiger partial charge in [-0.2, -0.15) is 0 Å². The van der Waals surface area contributed by atoms with Crippen molar-refractivity contribution in [2.75, 3.05) is 26.4 Å². The Balaban J connectivity index is 0.819. The average molecular weight is 1570 g/mol. The summed E-state index contributed by atoms with van der Waals surface area (Å²) < 4.78 is 91.1. The van der Waals surface area contributed by atoms with E-state index in [0.717, 1.165) is 18.8 Å². The van der Waals surface area contributed by atoms with Gasteiger partial charge in [0.2, 0.25) is 6.29 Å². The van der Waals surface area contributed by atoms with Crippen molar-refractivity contribution in [3.63, 3.8) is 0 Å². The summed E-state index contributed by atoms with van der Waals surface area (Å²) in [5, 5.41) is 197. The fraction of sp³-hybridized carbons (Fsp3) is 0.917. The summed E-state index contributed by atoms with van der Waals surface area (Å²) >= 11 is 0. The summed E-state index contributed by atoms with van der Waals surface area (Å²) in [6.45, 7) is 13.7. The van der Waals surface area contributed by atoms with E-state index in [1.54, 1.807) is 6.92 Å². The van der Waals surface area contributed by atoms with Crippen LogP contribution in [0.5, 0.6) is 0 Å². The largest absolute Gasteiger partial charge is 0.479 e. The fourth-order valence-electron chi connectivity index (χ4n) is 20.5. The first-order valence-electron chi connectivity index (χ1n) is 37.8. The Kier molecular flexibility index (Phi) is 25.2. The molecule has 4 saturated carbocycles. The minimum Gasteiger partial charge on any atom is -0.479 e. The highest BCUT2D eigenvalue weighted by molar-refractivity contribution is 5.79. The van der Waals surface area contributed by atoms with Crippen LogP contribution in [0.3, 0.4) is 0 Å². The third-order valence-electron chi connectivity index (χ3n) is 27.1. The summed E-state index contributed by atoms with van der Waals surface area (Å²) in [6.07, 6.45) is -54.4. The fourth-order valence-corrected chi connectivity index (χ4v) is 20.5. The molecule has 109 heavy (non-hydrogen) atoms. The third kappa shape index (κ3) is 15.0. The van der Waals surface area contributed by atoms with Crippen LogP contribution in [-0.4, -0.2) is 351 Å². The van der Waals surface area contributed by atoms with Gasteiger partial charge >= 0.3 is 17.9 Å². The zero-order chi connectivity index (χ0) is 79.6. The lowest BCUT2D eigenvalue weighted by Crippen LogP contribution is -2.69. The summed E-state index contributed by atoms with van der Waals surface area (Å²) in [4.78, 5) is 56.0. The van der Waals surface area contributed by atoms with Crippen LogP contribution in [0.25, 0.3) is 0 Å². The van der Waals surface area contributed by atoms with E-state index in [4.69, 9.17) is 71.1 Å². The van der Waals surface area contributed by atoms with Crippen LogP contribution in [-0.2, 0) is 90.2 Å². The Labute approximate surface area is 628 Å². The van der Waals surface area contributed by atoms with Crippen LogP contribution in [0.4, 0.5) is 0 Å². The quantitative estimate of drug-likeness (QED) is 0.0248. The molecule has 37 nitrogen and oxygen atoms in total. The number of allylic oxidation sites excluding steroid dienone is 2. The number of esters is 2. The summed E-state index contributed by atoms with van der Waals surface area (Å²) in [7, 11) is 0. The third-order valence-corrected chi connectivity index (χ3v) is 27.1. The molecule has 11 fully saturated rings. The summed E-state index contributed by atoms with van der Waals surface area (Å²) in [5.74, 6) is -4.35. The Hall–Kier alpha value is -3.38. The van der Waals surface area contributed by atoms with Crippen LogP contribution in [0.2, 0.25) is 0 Å². The predicted molar refractivity (Wildman–Crippen MR) is 356 cm³/mol. The van der Waals surface area contributed by atoms with Gasteiger partial charge in [0.05, 0.1) is 55.6 Å². The van der Waals surface area contributed by atoms with Crippen molar-refractivity contribution in [3.8, 4) is 0 Å². The van der Waals surface area contributed by atoms with Crippen molar-refractivity contribution >= 4 is 24.2 Å². The van der Waals surface area contributed by atoms with Crippen molar-refractivity contribution in [1.82, 2.24) is 0 Å². The molecule has 18 N–H and O–H groups in total. The van der Waals surface area contributed by atoms with E-state index in [2.05, 4.69) is 40.7 Å². The molecular formula is C72H112O37. The monoisotopic (exact) mass is 1570 g/mol. The standard InChI is InChI=1S/C72H112O37/c1-26-51(99-28(3)76)48(89)56(107-63-50(91)54(105-61-46(87)42(83)40(81)33(21-73)100-61)52(27(2)97-63)103-59-44(85)38(79)31(77)23-95-59)64(98-26)109-66(94)72-18-16-67(4,5)20-30(72)29-10-11-36-68(6)14-13-37(69(7,25-75)35(68)12-15-71(36,9)70(29,8)17-19-72)102-65-57(108-62-47(88)43(84)41(82)34(22-74)101-62)53(49(90)55(106-65)58(92)93)104-60-45(86)39(80)32(78)24-96-60/h10,25-27,30-57,59-65,73-74,77-91H,11-24H2,1-9H3,(H,92,93)/t26-,27+,30+,31-,32-,33-,34-,35-,36-,37+,38+,39+,40-,41+,42+,43+,44-,45-,46-,47-,48+,49+,50-,51+,52+,53+,54+,55+,56-,57-,59+,60+,61+,62+,63+,64+,65-,68+,69+,70-,71-,72+/m1/s1. The van der Waals surface area contributed by atoms with Gasteiger partial charge in [-0.3, -0.25) is 9.59 Å². The maximum absolute atomic E-state index is 16.0. The average Bonchev–Trinajstić information content (AvgIpc) is 0.673. The zero-order valence-corrected chi connectivity index (χ0v) is 62.2. The van der Waals surface area contributed by atoms with Gasteiger partial charge in [0.1, 0.15) is 134 Å². The van der Waals surface area contributed by atoms with Gasteiger partial charge in [-0.1, -0.05) is 53.2 Å². The normalized spacial score (nSPS) is 53.4. The van der Waals surface area contributed by atoms with Crippen molar-refractivity contribution < 1.29 is 182 Å². The Morgan fingerprint density at radius 2 is 0.991 bits per heavy atom. The molecule has 0 amide bonds.